The third kappa shape index (κ3) is 6.50. The highest BCUT2D eigenvalue weighted by Crippen LogP contribution is 2.16. The lowest BCUT2D eigenvalue weighted by molar-refractivity contribution is -0.154. The molecule has 0 saturated heterocycles. The molecule has 2 amide bonds. The topological polar surface area (TPSA) is 80.3 Å². The predicted molar refractivity (Wildman–Crippen MR) is 81.5 cm³/mol. The van der Waals surface area contributed by atoms with Crippen LogP contribution in [0.5, 0.6) is 5.88 Å². The van der Waals surface area contributed by atoms with E-state index in [1.807, 2.05) is 6.07 Å². The molecule has 0 bridgehead atoms. The van der Waals surface area contributed by atoms with Gasteiger partial charge in [0.05, 0.1) is 12.0 Å². The van der Waals surface area contributed by atoms with Gasteiger partial charge < -0.3 is 4.74 Å². The summed E-state index contributed by atoms with van der Waals surface area (Å²) in [5, 5.41) is 0. The van der Waals surface area contributed by atoms with Crippen LogP contribution >= 0.6 is 0 Å². The van der Waals surface area contributed by atoms with Crippen LogP contribution in [-0.4, -0.2) is 29.6 Å². The Morgan fingerprint density at radius 1 is 1.04 bits per heavy atom. The summed E-state index contributed by atoms with van der Waals surface area (Å²) in [6, 6.07) is 11.3. The fraction of sp³-hybridized carbons (Fsp3) is 0.188. The molecule has 0 aliphatic carbocycles. The van der Waals surface area contributed by atoms with Crippen molar-refractivity contribution in [3.63, 3.8) is 0 Å². The zero-order valence-electron chi connectivity index (χ0n) is 12.8. The second kappa shape index (κ2) is 8.13. The fourth-order valence-corrected chi connectivity index (χ4v) is 1.78. The number of hydrogen-bond donors (Lipinski definition) is 2. The van der Waals surface area contributed by atoms with Crippen molar-refractivity contribution in [2.75, 3.05) is 6.61 Å². The first-order chi connectivity index (χ1) is 11.8. The fourth-order valence-electron chi connectivity index (χ4n) is 1.78. The summed E-state index contributed by atoms with van der Waals surface area (Å²) in [4.78, 5) is 27.2. The van der Waals surface area contributed by atoms with Gasteiger partial charge in [0.15, 0.2) is 6.61 Å². The summed E-state index contributed by atoms with van der Waals surface area (Å²) in [7, 11) is 0. The van der Waals surface area contributed by atoms with Crippen LogP contribution in [0.25, 0.3) is 0 Å². The average molecular weight is 353 g/mol. The van der Waals surface area contributed by atoms with E-state index in [0.717, 1.165) is 17.8 Å². The third-order valence-corrected chi connectivity index (χ3v) is 2.91. The van der Waals surface area contributed by atoms with Crippen LogP contribution in [0.15, 0.2) is 48.7 Å². The summed E-state index contributed by atoms with van der Waals surface area (Å²) in [6.07, 6.45) is -3.34. The quantitative estimate of drug-likeness (QED) is 0.806. The van der Waals surface area contributed by atoms with Crippen molar-refractivity contribution in [1.29, 1.82) is 0 Å². The van der Waals surface area contributed by atoms with Crippen molar-refractivity contribution in [3.05, 3.63) is 59.8 Å². The van der Waals surface area contributed by atoms with Crippen LogP contribution in [0.3, 0.4) is 0 Å². The van der Waals surface area contributed by atoms with Gasteiger partial charge in [0.2, 0.25) is 11.8 Å². The SMILES string of the molecule is O=C(Cc1ccccc1)NNC(=O)c1ccc(OCC(F)(F)F)nc1. The molecular weight excluding hydrogens is 339 g/mol. The maximum atomic E-state index is 12.0. The van der Waals surface area contributed by atoms with Gasteiger partial charge in [0.25, 0.3) is 5.91 Å². The number of benzene rings is 1. The Balaban J connectivity index is 1.81. The molecule has 0 aliphatic heterocycles. The largest absolute Gasteiger partial charge is 0.468 e. The number of amides is 2. The molecule has 1 aromatic carbocycles. The molecule has 1 heterocycles. The molecule has 0 unspecified atom stereocenters. The minimum atomic E-state index is -4.47. The highest BCUT2D eigenvalue weighted by Gasteiger charge is 2.28. The standard InChI is InChI=1S/C16H14F3N3O3/c17-16(18,19)10-25-14-7-6-12(9-20-14)15(24)22-21-13(23)8-11-4-2-1-3-5-11/h1-7,9H,8,10H2,(H,21,23)(H,22,24). The van der Waals surface area contributed by atoms with Crippen molar-refractivity contribution >= 4 is 11.8 Å². The lowest BCUT2D eigenvalue weighted by atomic mass is 10.1. The van der Waals surface area contributed by atoms with E-state index < -0.39 is 24.6 Å². The Bertz CT molecular complexity index is 719. The zero-order chi connectivity index (χ0) is 18.3. The minimum absolute atomic E-state index is 0.0550. The van der Waals surface area contributed by atoms with Gasteiger partial charge in [0, 0.05) is 12.3 Å². The van der Waals surface area contributed by atoms with Crippen molar-refractivity contribution in [3.8, 4) is 5.88 Å². The van der Waals surface area contributed by atoms with E-state index >= 15 is 0 Å². The van der Waals surface area contributed by atoms with Crippen LogP contribution in [0, 0.1) is 0 Å². The normalized spacial score (nSPS) is 10.8. The third-order valence-electron chi connectivity index (χ3n) is 2.91. The van der Waals surface area contributed by atoms with E-state index in [1.54, 1.807) is 24.3 Å². The molecule has 0 spiro atoms. The molecular formula is C16H14F3N3O3. The molecule has 25 heavy (non-hydrogen) atoms. The monoisotopic (exact) mass is 353 g/mol. The van der Waals surface area contributed by atoms with Crippen LogP contribution in [0.4, 0.5) is 13.2 Å². The van der Waals surface area contributed by atoms with Gasteiger partial charge in [-0.2, -0.15) is 13.2 Å². The van der Waals surface area contributed by atoms with Gasteiger partial charge in [-0.3, -0.25) is 20.4 Å². The molecule has 9 heteroatoms. The number of hydrogen-bond acceptors (Lipinski definition) is 4. The summed E-state index contributed by atoms with van der Waals surface area (Å²) < 4.78 is 40.5. The molecule has 1 aromatic heterocycles. The van der Waals surface area contributed by atoms with Gasteiger partial charge in [-0.05, 0) is 11.6 Å². The van der Waals surface area contributed by atoms with Crippen molar-refractivity contribution in [2.45, 2.75) is 12.6 Å². The molecule has 0 fully saturated rings. The summed E-state index contributed by atoms with van der Waals surface area (Å²) >= 11 is 0. The Labute approximate surface area is 141 Å². The summed E-state index contributed by atoms with van der Waals surface area (Å²) in [5.74, 6) is -1.34. The highest BCUT2D eigenvalue weighted by atomic mass is 19.4. The summed E-state index contributed by atoms with van der Waals surface area (Å²) in [6.45, 7) is -1.47. The molecule has 0 saturated carbocycles. The van der Waals surface area contributed by atoms with E-state index in [4.69, 9.17) is 0 Å². The van der Waals surface area contributed by atoms with E-state index in [2.05, 4.69) is 20.6 Å². The van der Waals surface area contributed by atoms with E-state index in [-0.39, 0.29) is 17.9 Å². The van der Waals surface area contributed by atoms with Crippen molar-refractivity contribution in [1.82, 2.24) is 15.8 Å². The predicted octanol–water partition coefficient (Wildman–Crippen LogP) is 2.03. The number of pyridine rings is 1. The second-order valence-electron chi connectivity index (χ2n) is 4.95. The molecule has 0 radical (unpaired) electrons. The van der Waals surface area contributed by atoms with Gasteiger partial charge in [-0.25, -0.2) is 4.98 Å². The van der Waals surface area contributed by atoms with E-state index in [0.29, 0.717) is 0 Å². The van der Waals surface area contributed by atoms with Gasteiger partial charge in [0.1, 0.15) is 0 Å². The van der Waals surface area contributed by atoms with Crippen molar-refractivity contribution in [2.24, 2.45) is 0 Å². The molecule has 2 rings (SSSR count). The smallest absolute Gasteiger partial charge is 0.422 e. The van der Waals surface area contributed by atoms with Crippen LogP contribution < -0.4 is 15.6 Å². The van der Waals surface area contributed by atoms with Crippen LogP contribution in [0.1, 0.15) is 15.9 Å². The Morgan fingerprint density at radius 3 is 2.36 bits per heavy atom. The number of aromatic nitrogens is 1. The first-order valence-electron chi connectivity index (χ1n) is 7.12. The number of alkyl halides is 3. The molecule has 6 nitrogen and oxygen atoms in total. The molecule has 0 atom stereocenters. The Hall–Kier alpha value is -3.10. The minimum Gasteiger partial charge on any atom is -0.468 e. The number of carbonyl (C=O) groups excluding carboxylic acids is 2. The van der Waals surface area contributed by atoms with Crippen molar-refractivity contribution < 1.29 is 27.5 Å². The van der Waals surface area contributed by atoms with Gasteiger partial charge in [-0.1, -0.05) is 30.3 Å². The lowest BCUT2D eigenvalue weighted by Crippen LogP contribution is -2.42. The number of nitrogens with one attached hydrogen (secondary N) is 2. The number of carbonyl (C=O) groups is 2. The van der Waals surface area contributed by atoms with Crippen LogP contribution in [-0.2, 0) is 11.2 Å². The lowest BCUT2D eigenvalue weighted by Gasteiger charge is -2.09. The maximum Gasteiger partial charge on any atom is 0.422 e. The molecule has 2 N–H and O–H groups in total. The Morgan fingerprint density at radius 2 is 1.76 bits per heavy atom. The average Bonchev–Trinajstić information content (AvgIpc) is 2.58. The van der Waals surface area contributed by atoms with E-state index in [9.17, 15) is 22.8 Å². The second-order valence-corrected chi connectivity index (χ2v) is 4.95. The molecule has 0 aliphatic rings. The number of nitrogens with zero attached hydrogens (tertiary/aromatic N) is 1. The molecule has 2 aromatic rings. The van der Waals surface area contributed by atoms with Crippen LogP contribution in [0.2, 0.25) is 0 Å². The maximum absolute atomic E-state index is 12.0. The first-order valence-corrected chi connectivity index (χ1v) is 7.12. The zero-order valence-corrected chi connectivity index (χ0v) is 12.8. The van der Waals surface area contributed by atoms with Gasteiger partial charge in [-0.15, -0.1) is 0 Å². The van der Waals surface area contributed by atoms with Gasteiger partial charge >= 0.3 is 6.18 Å². The Kier molecular flexibility index (Phi) is 5.93. The number of ether oxygens (including phenoxy) is 1. The van der Waals surface area contributed by atoms with E-state index in [1.165, 1.54) is 6.07 Å². The number of rotatable bonds is 5. The number of hydrazine groups is 1. The highest BCUT2D eigenvalue weighted by molar-refractivity contribution is 5.95. The first kappa shape index (κ1) is 18.2. The summed E-state index contributed by atoms with van der Waals surface area (Å²) in [5.41, 5.74) is 5.27. The number of halogens is 3. The molecule has 132 valence electrons.